The molecule has 0 radical (unpaired) electrons. The molecule has 1 saturated heterocycles. The number of phenolic OH excluding ortho intramolecular Hbond substituents is 1. The van der Waals surface area contributed by atoms with Gasteiger partial charge in [0, 0.05) is 6.54 Å². The van der Waals surface area contributed by atoms with Crippen LogP contribution >= 0.6 is 15.9 Å². The van der Waals surface area contributed by atoms with Crippen LogP contribution in [0, 0.1) is 0 Å². The van der Waals surface area contributed by atoms with E-state index >= 15 is 0 Å². The Morgan fingerprint density at radius 2 is 2.29 bits per heavy atom. The zero-order valence-corrected chi connectivity index (χ0v) is 8.84. The van der Waals surface area contributed by atoms with Gasteiger partial charge in [0.1, 0.15) is 5.75 Å². The minimum atomic E-state index is -0.154. The van der Waals surface area contributed by atoms with Gasteiger partial charge in [0.15, 0.2) is 0 Å². The number of carbonyl (C=O) groups is 1. The zero-order valence-electron chi connectivity index (χ0n) is 7.25. The monoisotopic (exact) mass is 256 g/mol. The maximum atomic E-state index is 10.9. The van der Waals surface area contributed by atoms with Crippen molar-refractivity contribution < 1.29 is 9.90 Å². The first kappa shape index (κ1) is 9.33. The number of carbonyl (C=O) groups excluding carboxylic acids is 1. The molecule has 1 heterocycles. The summed E-state index contributed by atoms with van der Waals surface area (Å²) in [5.74, 6) is 0.200. The molecule has 74 valence electrons. The molecule has 1 fully saturated rings. The van der Waals surface area contributed by atoms with Gasteiger partial charge in [0.25, 0.3) is 0 Å². The SMILES string of the molecule is O=C1NC[C@H](c2ccc(O)c(Br)c2)N1. The molecular weight excluding hydrogens is 248 g/mol. The van der Waals surface area contributed by atoms with Crippen molar-refractivity contribution in [3.63, 3.8) is 0 Å². The molecule has 1 aromatic rings. The van der Waals surface area contributed by atoms with E-state index < -0.39 is 0 Å². The predicted molar refractivity (Wildman–Crippen MR) is 55.1 cm³/mol. The van der Waals surface area contributed by atoms with E-state index in [1.807, 2.05) is 0 Å². The highest BCUT2D eigenvalue weighted by Crippen LogP contribution is 2.27. The maximum Gasteiger partial charge on any atom is 0.315 e. The molecule has 14 heavy (non-hydrogen) atoms. The third-order valence-corrected chi connectivity index (χ3v) is 2.78. The molecule has 4 nitrogen and oxygen atoms in total. The molecule has 1 aliphatic rings. The van der Waals surface area contributed by atoms with E-state index in [0.717, 1.165) is 5.56 Å². The standard InChI is InChI=1S/C9H9BrN2O2/c10-6-3-5(1-2-8(6)13)7-4-11-9(14)12-7/h1-3,7,13H,4H2,(H2,11,12,14)/t7-/m1/s1. The lowest BCUT2D eigenvalue weighted by molar-refractivity contribution is 0.247. The van der Waals surface area contributed by atoms with E-state index in [1.54, 1.807) is 18.2 Å². The second-order valence-electron chi connectivity index (χ2n) is 3.12. The molecular formula is C9H9BrN2O2. The van der Waals surface area contributed by atoms with Crippen LogP contribution < -0.4 is 10.6 Å². The number of nitrogens with one attached hydrogen (secondary N) is 2. The van der Waals surface area contributed by atoms with Crippen LogP contribution in [0.5, 0.6) is 5.75 Å². The Morgan fingerprint density at radius 1 is 1.50 bits per heavy atom. The number of hydrogen-bond acceptors (Lipinski definition) is 2. The molecule has 2 rings (SSSR count). The van der Waals surface area contributed by atoms with Crippen LogP contribution in [-0.4, -0.2) is 17.7 Å². The highest BCUT2D eigenvalue weighted by Gasteiger charge is 2.21. The molecule has 0 unspecified atom stereocenters. The highest BCUT2D eigenvalue weighted by atomic mass is 79.9. The van der Waals surface area contributed by atoms with Crippen LogP contribution in [0.1, 0.15) is 11.6 Å². The number of urea groups is 1. The van der Waals surface area contributed by atoms with Crippen LogP contribution in [0.3, 0.4) is 0 Å². The molecule has 1 aromatic carbocycles. The van der Waals surface area contributed by atoms with Gasteiger partial charge in [0.2, 0.25) is 0 Å². The number of phenols is 1. The Hall–Kier alpha value is -1.23. The number of rotatable bonds is 1. The first-order valence-corrected chi connectivity index (χ1v) is 4.99. The summed E-state index contributed by atoms with van der Waals surface area (Å²) in [7, 11) is 0. The minimum Gasteiger partial charge on any atom is -0.507 e. The molecule has 0 bridgehead atoms. The smallest absolute Gasteiger partial charge is 0.315 e. The third-order valence-electron chi connectivity index (χ3n) is 2.15. The van der Waals surface area contributed by atoms with Crippen LogP contribution in [0.2, 0.25) is 0 Å². The number of hydrogen-bond donors (Lipinski definition) is 3. The fourth-order valence-electron chi connectivity index (χ4n) is 1.40. The van der Waals surface area contributed by atoms with E-state index in [4.69, 9.17) is 0 Å². The van der Waals surface area contributed by atoms with Crippen molar-refractivity contribution in [1.29, 1.82) is 0 Å². The highest BCUT2D eigenvalue weighted by molar-refractivity contribution is 9.10. The van der Waals surface area contributed by atoms with Crippen LogP contribution in [-0.2, 0) is 0 Å². The molecule has 1 aliphatic heterocycles. The van der Waals surface area contributed by atoms with Gasteiger partial charge in [-0.25, -0.2) is 4.79 Å². The van der Waals surface area contributed by atoms with Gasteiger partial charge < -0.3 is 15.7 Å². The molecule has 3 N–H and O–H groups in total. The molecule has 5 heteroatoms. The summed E-state index contributed by atoms with van der Waals surface area (Å²) < 4.78 is 0.635. The van der Waals surface area contributed by atoms with Gasteiger partial charge in [-0.05, 0) is 33.6 Å². The number of aromatic hydroxyl groups is 1. The van der Waals surface area contributed by atoms with Crippen LogP contribution in [0.15, 0.2) is 22.7 Å². The molecule has 0 saturated carbocycles. The zero-order chi connectivity index (χ0) is 10.1. The Bertz CT molecular complexity index is 381. The first-order valence-electron chi connectivity index (χ1n) is 4.19. The van der Waals surface area contributed by atoms with Crippen molar-refractivity contribution in [2.24, 2.45) is 0 Å². The van der Waals surface area contributed by atoms with Crippen molar-refractivity contribution in [2.45, 2.75) is 6.04 Å². The first-order chi connectivity index (χ1) is 6.66. The summed E-state index contributed by atoms with van der Waals surface area (Å²) in [6, 6.07) is 5.02. The largest absolute Gasteiger partial charge is 0.507 e. The quantitative estimate of drug-likeness (QED) is 0.714. The fourth-order valence-corrected chi connectivity index (χ4v) is 1.79. The Balaban J connectivity index is 2.24. The predicted octanol–water partition coefficient (Wildman–Crippen LogP) is 1.51. The van der Waals surface area contributed by atoms with Crippen LogP contribution in [0.25, 0.3) is 0 Å². The maximum absolute atomic E-state index is 10.9. The summed E-state index contributed by atoms with van der Waals surface area (Å²) in [4.78, 5) is 10.9. The number of halogens is 1. The van der Waals surface area contributed by atoms with E-state index in [-0.39, 0.29) is 17.8 Å². The Kier molecular flexibility index (Phi) is 2.33. The van der Waals surface area contributed by atoms with Crippen LogP contribution in [0.4, 0.5) is 4.79 Å². The van der Waals surface area contributed by atoms with Gasteiger partial charge in [0.05, 0.1) is 10.5 Å². The summed E-state index contributed by atoms with van der Waals surface area (Å²) >= 11 is 3.23. The molecule has 0 aromatic heterocycles. The van der Waals surface area contributed by atoms with Gasteiger partial charge >= 0.3 is 6.03 Å². The average Bonchev–Trinajstić information content (AvgIpc) is 2.57. The second-order valence-corrected chi connectivity index (χ2v) is 3.97. The van der Waals surface area contributed by atoms with Crippen molar-refractivity contribution in [1.82, 2.24) is 10.6 Å². The molecule has 0 spiro atoms. The Labute approximate surface area is 89.4 Å². The molecule has 1 atom stereocenters. The van der Waals surface area contributed by atoms with E-state index in [1.165, 1.54) is 0 Å². The van der Waals surface area contributed by atoms with Crippen molar-refractivity contribution >= 4 is 22.0 Å². The van der Waals surface area contributed by atoms with Crippen molar-refractivity contribution in [2.75, 3.05) is 6.54 Å². The summed E-state index contributed by atoms with van der Waals surface area (Å²) in [6.45, 7) is 0.579. The third kappa shape index (κ3) is 1.68. The van der Waals surface area contributed by atoms with Gasteiger partial charge in [-0.2, -0.15) is 0 Å². The van der Waals surface area contributed by atoms with Gasteiger partial charge in [-0.15, -0.1) is 0 Å². The number of benzene rings is 1. The lowest BCUT2D eigenvalue weighted by Crippen LogP contribution is -2.21. The van der Waals surface area contributed by atoms with Gasteiger partial charge in [-0.3, -0.25) is 0 Å². The average molecular weight is 257 g/mol. The summed E-state index contributed by atoms with van der Waals surface area (Å²) in [5.41, 5.74) is 0.966. The summed E-state index contributed by atoms with van der Waals surface area (Å²) in [6.07, 6.45) is 0. The lowest BCUT2D eigenvalue weighted by atomic mass is 10.1. The molecule has 0 aliphatic carbocycles. The van der Waals surface area contributed by atoms with Gasteiger partial charge in [-0.1, -0.05) is 6.07 Å². The summed E-state index contributed by atoms with van der Waals surface area (Å²) in [5, 5.41) is 14.7. The van der Waals surface area contributed by atoms with Crippen molar-refractivity contribution in [3.8, 4) is 5.75 Å². The van der Waals surface area contributed by atoms with E-state index in [9.17, 15) is 9.90 Å². The Morgan fingerprint density at radius 3 is 2.86 bits per heavy atom. The topological polar surface area (TPSA) is 61.4 Å². The molecule has 2 amide bonds. The number of amides is 2. The van der Waals surface area contributed by atoms with E-state index in [0.29, 0.717) is 11.0 Å². The lowest BCUT2D eigenvalue weighted by Gasteiger charge is -2.09. The second kappa shape index (κ2) is 3.49. The fraction of sp³-hybridized carbons (Fsp3) is 0.222. The van der Waals surface area contributed by atoms with E-state index in [2.05, 4.69) is 26.6 Å². The normalized spacial score (nSPS) is 20.4. The minimum absolute atomic E-state index is 0.0144. The van der Waals surface area contributed by atoms with Crippen molar-refractivity contribution in [3.05, 3.63) is 28.2 Å².